The Hall–Kier alpha value is 0.580. The molecule has 0 unspecified atom stereocenters. The predicted molar refractivity (Wildman–Crippen MR) is 33.3 cm³/mol. The van der Waals surface area contributed by atoms with Crippen molar-refractivity contribution in [1.82, 2.24) is 0 Å². The Labute approximate surface area is 53.2 Å². The van der Waals surface area contributed by atoms with Crippen molar-refractivity contribution in [3.8, 4) is 0 Å². The molecule has 0 amide bonds. The highest BCUT2D eigenvalue weighted by molar-refractivity contribution is 7.55. The van der Waals surface area contributed by atoms with Crippen LogP contribution in [0.3, 0.4) is 0 Å². The molecule has 9 N–H and O–H groups in total. The maximum atomic E-state index is 7.52. The summed E-state index contributed by atoms with van der Waals surface area (Å²) in [5.41, 5.74) is 8.42. The van der Waals surface area contributed by atoms with Gasteiger partial charge in [-0.25, -0.2) is 0 Å². The summed E-state index contributed by atoms with van der Waals surface area (Å²) in [4.78, 5) is 37.5. The molecule has 58 valence electrons. The van der Waals surface area contributed by atoms with Crippen molar-refractivity contribution in [2.24, 2.45) is 11.0 Å². The van der Waals surface area contributed by atoms with Crippen molar-refractivity contribution in [2.45, 2.75) is 0 Å². The summed E-state index contributed by atoms with van der Waals surface area (Å²) in [6.07, 6.45) is 0. The molecule has 9 heavy (non-hydrogen) atoms. The Morgan fingerprint density at radius 2 is 1.11 bits per heavy atom. The first-order valence-electron chi connectivity index (χ1n) is 1.52. The maximum Gasteiger partial charge on any atom is 0.491 e. The lowest BCUT2D eigenvalue weighted by atomic mass is 13.9. The highest BCUT2D eigenvalue weighted by atomic mass is 31.2. The zero-order chi connectivity index (χ0) is 8.08. The summed E-state index contributed by atoms with van der Waals surface area (Å²) < 4.78 is 0. The van der Waals surface area contributed by atoms with E-state index in [0.717, 1.165) is 0 Å². The summed E-state index contributed by atoms with van der Waals surface area (Å²) in [5.74, 6) is 0. The van der Waals surface area contributed by atoms with E-state index in [4.69, 9.17) is 24.5 Å². The van der Waals surface area contributed by atoms with Crippen LogP contribution < -0.4 is 11.0 Å². The van der Waals surface area contributed by atoms with Crippen LogP contribution in [0.25, 0.3) is 0 Å². The fourth-order valence-electron chi connectivity index (χ4n) is 0. The Kier molecular flexibility index (Phi) is 7.33. The third kappa shape index (κ3) is 1100. The Morgan fingerprint density at radius 3 is 1.11 bits per heavy atom. The molecule has 7 nitrogen and oxygen atoms in total. The number of hydrogen-bond acceptors (Lipinski definition) is 7. The van der Waals surface area contributed by atoms with Gasteiger partial charge in [-0.3, -0.25) is 5.50 Å². The summed E-state index contributed by atoms with van der Waals surface area (Å²) in [6, 6.07) is 0. The second-order valence-corrected chi connectivity index (χ2v) is 2.81. The van der Waals surface area contributed by atoms with Gasteiger partial charge in [-0.1, -0.05) is 0 Å². The quantitative estimate of drug-likeness (QED) is 0.207. The van der Waals surface area contributed by atoms with Crippen LogP contribution in [-0.4, -0.2) is 24.5 Å². The average molecular weight is 179 g/mol. The van der Waals surface area contributed by atoms with Gasteiger partial charge in [-0.05, 0) is 0 Å². The largest absolute Gasteiger partial charge is 0.491 e. The minimum atomic E-state index is -3.89. The smallest absolute Gasteiger partial charge is 0.338 e. The first kappa shape index (κ1) is 12.3. The van der Waals surface area contributed by atoms with E-state index in [9.17, 15) is 0 Å². The minimum absolute atomic E-state index is 2.12. The van der Waals surface area contributed by atoms with E-state index < -0.39 is 16.6 Å². The van der Waals surface area contributed by atoms with Gasteiger partial charge < -0.3 is 9.79 Å². The molecule has 0 saturated carbocycles. The molecule has 0 aromatic heterocycles. The monoisotopic (exact) mass is 179 g/mol. The lowest BCUT2D eigenvalue weighted by Crippen LogP contribution is -1.97. The third-order valence-electron chi connectivity index (χ3n) is 0. The molecule has 0 radical (unpaired) electrons. The molecule has 0 aliphatic rings. The molecule has 0 rings (SSSR count). The average Bonchev–Trinajstić information content (AvgIpc) is 1.19. The van der Waals surface area contributed by atoms with Gasteiger partial charge in [0.05, 0.1) is 0 Å². The maximum absolute atomic E-state index is 7.52. The Bertz CT molecular complexity index is 49.7. The second-order valence-electron chi connectivity index (χ2n) is 0.935. The standard InChI is InChI=1S/H5NO3P.H4NO2P/c1-5(2,3)4;1-4(2)3/h2-4H,1H2;2-3H,1H2/q+1;. The summed E-state index contributed by atoms with van der Waals surface area (Å²) in [7, 11) is -6.01. The first-order chi connectivity index (χ1) is 3.73. The highest BCUT2D eigenvalue weighted by Gasteiger charge is 2.19. The van der Waals surface area contributed by atoms with E-state index in [1.807, 2.05) is 0 Å². The molecule has 0 aromatic rings. The van der Waals surface area contributed by atoms with Crippen molar-refractivity contribution < 1.29 is 24.5 Å². The molecular weight excluding hydrogens is 170 g/mol. The van der Waals surface area contributed by atoms with Crippen LogP contribution in [0.1, 0.15) is 0 Å². The van der Waals surface area contributed by atoms with E-state index in [2.05, 4.69) is 11.0 Å². The molecule has 0 bridgehead atoms. The zero-order valence-corrected chi connectivity index (χ0v) is 6.07. The van der Waals surface area contributed by atoms with Crippen molar-refractivity contribution >= 4 is 16.6 Å². The van der Waals surface area contributed by atoms with Gasteiger partial charge >= 0.3 is 8.09 Å². The number of nitrogens with two attached hydrogens (primary N) is 2. The van der Waals surface area contributed by atoms with Crippen molar-refractivity contribution in [3.63, 3.8) is 0 Å². The molecule has 0 aliphatic heterocycles. The number of rotatable bonds is 0. The van der Waals surface area contributed by atoms with Crippen LogP contribution in [0.15, 0.2) is 0 Å². The summed E-state index contributed by atoms with van der Waals surface area (Å²) >= 11 is 0. The topological polar surface area (TPSA) is 153 Å². The lowest BCUT2D eigenvalue weighted by molar-refractivity contribution is 0.332. The number of hydrogen-bond donors (Lipinski definition) is 7. The first-order valence-corrected chi connectivity index (χ1v) is 4.55. The minimum Gasteiger partial charge on any atom is -0.338 e. The molecular formula is H9N2O5P2+. The van der Waals surface area contributed by atoms with E-state index >= 15 is 0 Å². The Balaban J connectivity index is 0. The van der Waals surface area contributed by atoms with E-state index in [-0.39, 0.29) is 0 Å². The molecule has 0 spiro atoms. The van der Waals surface area contributed by atoms with Crippen LogP contribution in [-0.2, 0) is 0 Å². The SMILES string of the molecule is NP(O)O.N[P+](O)(O)O. The zero-order valence-electron chi connectivity index (χ0n) is 4.29. The van der Waals surface area contributed by atoms with Crippen molar-refractivity contribution in [2.75, 3.05) is 0 Å². The van der Waals surface area contributed by atoms with Crippen LogP contribution in [0.2, 0.25) is 0 Å². The van der Waals surface area contributed by atoms with Gasteiger partial charge in [0.2, 0.25) is 8.53 Å². The summed E-state index contributed by atoms with van der Waals surface area (Å²) in [6.45, 7) is 0. The summed E-state index contributed by atoms with van der Waals surface area (Å²) in [5, 5.41) is 0. The predicted octanol–water partition coefficient (Wildman–Crippen LogP) is -2.24. The van der Waals surface area contributed by atoms with Gasteiger partial charge in [0.1, 0.15) is 0 Å². The second kappa shape index (κ2) is 5.37. The molecule has 0 fully saturated rings. The molecule has 0 heterocycles. The molecule has 0 saturated heterocycles. The van der Waals surface area contributed by atoms with Crippen molar-refractivity contribution in [3.05, 3.63) is 0 Å². The fourth-order valence-corrected chi connectivity index (χ4v) is 0. The highest BCUT2D eigenvalue weighted by Crippen LogP contribution is 2.31. The van der Waals surface area contributed by atoms with Gasteiger partial charge in [-0.2, -0.15) is 14.7 Å². The van der Waals surface area contributed by atoms with E-state index in [1.54, 1.807) is 0 Å². The Morgan fingerprint density at radius 1 is 1.11 bits per heavy atom. The normalized spacial score (nSPS) is 10.7. The van der Waals surface area contributed by atoms with E-state index in [0.29, 0.717) is 0 Å². The molecule has 0 atom stereocenters. The van der Waals surface area contributed by atoms with Gasteiger partial charge in [0.15, 0.2) is 0 Å². The molecule has 9 heteroatoms. The van der Waals surface area contributed by atoms with Crippen molar-refractivity contribution in [1.29, 1.82) is 0 Å². The lowest BCUT2D eigenvalue weighted by Gasteiger charge is -1.86. The van der Waals surface area contributed by atoms with Crippen LogP contribution in [0, 0.1) is 0 Å². The van der Waals surface area contributed by atoms with Crippen LogP contribution >= 0.6 is 16.6 Å². The van der Waals surface area contributed by atoms with E-state index in [1.165, 1.54) is 0 Å². The molecule has 0 aliphatic carbocycles. The van der Waals surface area contributed by atoms with Crippen LogP contribution in [0.4, 0.5) is 0 Å². The van der Waals surface area contributed by atoms with Gasteiger partial charge in [0.25, 0.3) is 0 Å². The third-order valence-corrected chi connectivity index (χ3v) is 0. The molecule has 0 aromatic carbocycles. The van der Waals surface area contributed by atoms with Crippen LogP contribution in [0.5, 0.6) is 0 Å². The fraction of sp³-hybridized carbons (Fsp3) is 0. The van der Waals surface area contributed by atoms with Gasteiger partial charge in [0, 0.05) is 0 Å². The van der Waals surface area contributed by atoms with Gasteiger partial charge in [-0.15, -0.1) is 5.50 Å².